The molecule has 0 aromatic heterocycles. The van der Waals surface area contributed by atoms with Gasteiger partial charge in [0.05, 0.1) is 12.2 Å². The summed E-state index contributed by atoms with van der Waals surface area (Å²) in [7, 11) is 0. The van der Waals surface area contributed by atoms with Gasteiger partial charge in [-0.2, -0.15) is 0 Å². The Balaban J connectivity index is 2.52. The van der Waals surface area contributed by atoms with Gasteiger partial charge in [0.1, 0.15) is 0 Å². The van der Waals surface area contributed by atoms with E-state index in [1.165, 1.54) is 19.3 Å². The van der Waals surface area contributed by atoms with Crippen LogP contribution in [0, 0.1) is 17.8 Å². The van der Waals surface area contributed by atoms with Gasteiger partial charge in [0.25, 0.3) is 0 Å². The molecule has 0 bridgehead atoms. The van der Waals surface area contributed by atoms with Gasteiger partial charge in [0.2, 0.25) is 0 Å². The van der Waals surface area contributed by atoms with E-state index in [4.69, 9.17) is 5.11 Å². The summed E-state index contributed by atoms with van der Waals surface area (Å²) in [5, 5.41) is 22.4. The molecule has 0 aromatic rings. The average Bonchev–Trinajstić information content (AvgIpc) is 2.26. The third-order valence-electron chi connectivity index (χ3n) is 4.11. The molecule has 102 valence electrons. The largest absolute Gasteiger partial charge is 0.393 e. The highest BCUT2D eigenvalue weighted by molar-refractivity contribution is 4.87. The fraction of sp³-hybridized carbons (Fsp3) is 1.00. The van der Waals surface area contributed by atoms with E-state index in [1.807, 2.05) is 0 Å². The third kappa shape index (κ3) is 4.57. The number of hydrogen-bond donors (Lipinski definition) is 3. The molecule has 1 aliphatic carbocycles. The Kier molecular flexibility index (Phi) is 5.42. The summed E-state index contributed by atoms with van der Waals surface area (Å²) in [6.07, 6.45) is 3.78. The highest BCUT2D eigenvalue weighted by Gasteiger charge is 2.31. The monoisotopic (exact) mass is 243 g/mol. The lowest BCUT2D eigenvalue weighted by molar-refractivity contribution is -0.00392. The molecule has 17 heavy (non-hydrogen) atoms. The smallest absolute Gasteiger partial charge is 0.0972 e. The number of hydrogen-bond acceptors (Lipinski definition) is 3. The van der Waals surface area contributed by atoms with Crippen molar-refractivity contribution in [2.24, 2.45) is 17.8 Å². The molecular formula is C14H29NO2. The van der Waals surface area contributed by atoms with Crippen molar-refractivity contribution in [1.82, 2.24) is 5.32 Å². The summed E-state index contributed by atoms with van der Waals surface area (Å²) < 4.78 is 0. The molecule has 3 nitrogen and oxygen atoms in total. The van der Waals surface area contributed by atoms with Crippen molar-refractivity contribution >= 4 is 0 Å². The van der Waals surface area contributed by atoms with Crippen LogP contribution in [0.1, 0.15) is 47.0 Å². The van der Waals surface area contributed by atoms with Gasteiger partial charge in [-0.25, -0.2) is 0 Å². The summed E-state index contributed by atoms with van der Waals surface area (Å²) in [5.41, 5.74) is -0.998. The highest BCUT2D eigenvalue weighted by Crippen LogP contribution is 2.33. The summed E-state index contributed by atoms with van der Waals surface area (Å²) in [5.74, 6) is 2.14. The zero-order chi connectivity index (χ0) is 13.1. The van der Waals surface area contributed by atoms with E-state index in [9.17, 15) is 5.11 Å². The molecule has 3 N–H and O–H groups in total. The van der Waals surface area contributed by atoms with Gasteiger partial charge in [-0.1, -0.05) is 27.2 Å². The molecule has 0 amide bonds. The molecule has 3 heteroatoms. The molecular weight excluding hydrogens is 214 g/mol. The molecule has 1 rings (SSSR count). The van der Waals surface area contributed by atoms with Crippen LogP contribution in [0.5, 0.6) is 0 Å². The maximum absolute atomic E-state index is 9.83. The fourth-order valence-electron chi connectivity index (χ4n) is 2.84. The van der Waals surface area contributed by atoms with Crippen LogP contribution in [0.3, 0.4) is 0 Å². The van der Waals surface area contributed by atoms with Crippen LogP contribution >= 0.6 is 0 Å². The Morgan fingerprint density at radius 2 is 2.00 bits per heavy atom. The van der Waals surface area contributed by atoms with Crippen LogP contribution in [-0.4, -0.2) is 35.0 Å². The Bertz CT molecular complexity index is 228. The van der Waals surface area contributed by atoms with Crippen LogP contribution in [0.2, 0.25) is 0 Å². The van der Waals surface area contributed by atoms with Gasteiger partial charge in [0, 0.05) is 12.6 Å². The Morgan fingerprint density at radius 3 is 2.53 bits per heavy atom. The second kappa shape index (κ2) is 6.17. The maximum atomic E-state index is 9.83. The van der Waals surface area contributed by atoms with E-state index in [1.54, 1.807) is 6.92 Å². The molecule has 1 fully saturated rings. The van der Waals surface area contributed by atoms with E-state index in [0.717, 1.165) is 5.92 Å². The van der Waals surface area contributed by atoms with Crippen LogP contribution in [0.25, 0.3) is 0 Å². The molecule has 1 aliphatic rings. The topological polar surface area (TPSA) is 52.5 Å². The molecule has 0 spiro atoms. The van der Waals surface area contributed by atoms with E-state index in [0.29, 0.717) is 24.4 Å². The van der Waals surface area contributed by atoms with Crippen LogP contribution < -0.4 is 5.32 Å². The van der Waals surface area contributed by atoms with Gasteiger partial charge in [-0.3, -0.25) is 0 Å². The minimum Gasteiger partial charge on any atom is -0.393 e. The lowest BCUT2D eigenvalue weighted by Gasteiger charge is -2.39. The first-order valence-corrected chi connectivity index (χ1v) is 6.92. The molecule has 0 heterocycles. The first kappa shape index (κ1) is 14.9. The Hall–Kier alpha value is -0.120. The summed E-state index contributed by atoms with van der Waals surface area (Å²) >= 11 is 0. The summed E-state index contributed by atoms with van der Waals surface area (Å²) in [6, 6.07) is 0.483. The predicted molar refractivity (Wildman–Crippen MR) is 70.8 cm³/mol. The third-order valence-corrected chi connectivity index (χ3v) is 4.11. The van der Waals surface area contributed by atoms with Crippen molar-refractivity contribution in [2.45, 2.75) is 58.6 Å². The van der Waals surface area contributed by atoms with E-state index in [-0.39, 0.29) is 6.61 Å². The highest BCUT2D eigenvalue weighted by atomic mass is 16.3. The van der Waals surface area contributed by atoms with Crippen molar-refractivity contribution in [3.8, 4) is 0 Å². The Labute approximate surface area is 106 Å². The SMILES string of the molecule is CC1CCC(C(C)C)C(NCC(C)(O)CO)C1. The maximum Gasteiger partial charge on any atom is 0.0972 e. The van der Waals surface area contributed by atoms with Crippen molar-refractivity contribution in [2.75, 3.05) is 13.2 Å². The van der Waals surface area contributed by atoms with Crippen molar-refractivity contribution in [3.05, 3.63) is 0 Å². The van der Waals surface area contributed by atoms with E-state index < -0.39 is 5.60 Å². The number of aliphatic hydroxyl groups is 2. The molecule has 0 radical (unpaired) electrons. The first-order chi connectivity index (χ1) is 7.85. The molecule has 4 unspecified atom stereocenters. The number of rotatable bonds is 5. The van der Waals surface area contributed by atoms with Crippen molar-refractivity contribution in [3.63, 3.8) is 0 Å². The van der Waals surface area contributed by atoms with Gasteiger partial charge in [0.15, 0.2) is 0 Å². The van der Waals surface area contributed by atoms with Gasteiger partial charge in [-0.15, -0.1) is 0 Å². The number of nitrogens with one attached hydrogen (secondary N) is 1. The van der Waals surface area contributed by atoms with Gasteiger partial charge in [-0.05, 0) is 37.5 Å². The zero-order valence-electron chi connectivity index (χ0n) is 11.7. The van der Waals surface area contributed by atoms with Crippen LogP contribution in [0.4, 0.5) is 0 Å². The van der Waals surface area contributed by atoms with Gasteiger partial charge >= 0.3 is 0 Å². The standard InChI is InChI=1S/C14H29NO2/c1-10(2)12-6-5-11(3)7-13(12)15-8-14(4,17)9-16/h10-13,15-17H,5-9H2,1-4H3. The Morgan fingerprint density at radius 1 is 1.35 bits per heavy atom. The van der Waals surface area contributed by atoms with Crippen LogP contribution in [0.15, 0.2) is 0 Å². The first-order valence-electron chi connectivity index (χ1n) is 6.92. The minimum atomic E-state index is -0.998. The lowest BCUT2D eigenvalue weighted by atomic mass is 9.74. The minimum absolute atomic E-state index is 0.186. The van der Waals surface area contributed by atoms with E-state index in [2.05, 4.69) is 26.1 Å². The normalized spacial score (nSPS) is 33.7. The second-order valence-electron chi connectivity index (χ2n) is 6.47. The van der Waals surface area contributed by atoms with Crippen molar-refractivity contribution in [1.29, 1.82) is 0 Å². The number of aliphatic hydroxyl groups excluding tert-OH is 1. The lowest BCUT2D eigenvalue weighted by Crippen LogP contribution is -2.50. The molecule has 1 saturated carbocycles. The van der Waals surface area contributed by atoms with E-state index >= 15 is 0 Å². The van der Waals surface area contributed by atoms with Crippen LogP contribution in [-0.2, 0) is 0 Å². The molecule has 0 aliphatic heterocycles. The summed E-state index contributed by atoms with van der Waals surface area (Å²) in [4.78, 5) is 0. The van der Waals surface area contributed by atoms with Crippen molar-refractivity contribution < 1.29 is 10.2 Å². The molecule has 0 aromatic carbocycles. The quantitative estimate of drug-likeness (QED) is 0.690. The molecule has 4 atom stereocenters. The average molecular weight is 243 g/mol. The molecule has 0 saturated heterocycles. The predicted octanol–water partition coefficient (Wildman–Crippen LogP) is 1.78. The van der Waals surface area contributed by atoms with Gasteiger partial charge < -0.3 is 15.5 Å². The summed E-state index contributed by atoms with van der Waals surface area (Å²) in [6.45, 7) is 8.82. The fourth-order valence-corrected chi connectivity index (χ4v) is 2.84. The second-order valence-corrected chi connectivity index (χ2v) is 6.47. The zero-order valence-corrected chi connectivity index (χ0v) is 11.7.